The third-order valence-electron chi connectivity index (χ3n) is 4.64. The minimum absolute atomic E-state index is 0.140. The number of amides is 1. The van der Waals surface area contributed by atoms with Crippen molar-refractivity contribution in [1.82, 2.24) is 14.9 Å². The first-order chi connectivity index (χ1) is 12.3. The summed E-state index contributed by atoms with van der Waals surface area (Å²) in [5, 5.41) is 3.38. The van der Waals surface area contributed by atoms with Gasteiger partial charge in [0.05, 0.1) is 0 Å². The van der Waals surface area contributed by atoms with Crippen LogP contribution in [0.4, 0.5) is 17.3 Å². The summed E-state index contributed by atoms with van der Waals surface area (Å²) >= 11 is 0. The molecule has 0 aliphatic carbocycles. The zero-order chi connectivity index (χ0) is 18.7. The van der Waals surface area contributed by atoms with Gasteiger partial charge in [0.25, 0.3) is 0 Å². The molecule has 26 heavy (non-hydrogen) atoms. The second-order valence-electron chi connectivity index (χ2n) is 7.74. The van der Waals surface area contributed by atoms with Crippen LogP contribution in [-0.4, -0.2) is 47.5 Å². The number of anilines is 3. The van der Waals surface area contributed by atoms with Crippen molar-refractivity contribution in [3.63, 3.8) is 0 Å². The molecule has 1 N–H and O–H groups in total. The lowest BCUT2D eigenvalue weighted by Crippen LogP contribution is -2.46. The lowest BCUT2D eigenvalue weighted by Gasteiger charge is -2.33. The van der Waals surface area contributed by atoms with Gasteiger partial charge in [-0.2, -0.15) is 0 Å². The van der Waals surface area contributed by atoms with E-state index in [9.17, 15) is 4.79 Å². The zero-order valence-corrected chi connectivity index (χ0v) is 16.0. The molecule has 0 bridgehead atoms. The number of nitrogens with zero attached hydrogens (tertiary/aromatic N) is 4. The molecule has 1 saturated heterocycles. The SMILES string of the molecule is Cc1nc(Nc2ccc(C(C)(C)C)cc2)cc(N2CCN(C=O)CC2)n1. The molecule has 6 heteroatoms. The Morgan fingerprint density at radius 2 is 1.69 bits per heavy atom. The third-order valence-corrected chi connectivity index (χ3v) is 4.64. The summed E-state index contributed by atoms with van der Waals surface area (Å²) in [5.41, 5.74) is 2.45. The molecule has 1 amide bonds. The summed E-state index contributed by atoms with van der Waals surface area (Å²) in [6.45, 7) is 11.6. The van der Waals surface area contributed by atoms with E-state index in [4.69, 9.17) is 0 Å². The fourth-order valence-electron chi connectivity index (χ4n) is 3.04. The first-order valence-corrected chi connectivity index (χ1v) is 9.03. The number of nitrogens with one attached hydrogen (secondary N) is 1. The average molecular weight is 353 g/mol. The van der Waals surface area contributed by atoms with Crippen LogP contribution in [0.5, 0.6) is 0 Å². The monoisotopic (exact) mass is 353 g/mol. The molecular weight excluding hydrogens is 326 g/mol. The van der Waals surface area contributed by atoms with Crippen molar-refractivity contribution >= 4 is 23.7 Å². The van der Waals surface area contributed by atoms with Crippen molar-refractivity contribution in [1.29, 1.82) is 0 Å². The van der Waals surface area contributed by atoms with Gasteiger partial charge < -0.3 is 15.1 Å². The molecular formula is C20H27N5O. The van der Waals surface area contributed by atoms with E-state index in [2.05, 4.69) is 65.2 Å². The fourth-order valence-corrected chi connectivity index (χ4v) is 3.04. The number of aromatic nitrogens is 2. The number of hydrogen-bond acceptors (Lipinski definition) is 5. The van der Waals surface area contributed by atoms with E-state index in [1.807, 2.05) is 13.0 Å². The first-order valence-electron chi connectivity index (χ1n) is 9.03. The average Bonchev–Trinajstić information content (AvgIpc) is 2.61. The summed E-state index contributed by atoms with van der Waals surface area (Å²) in [6, 6.07) is 10.4. The van der Waals surface area contributed by atoms with Crippen molar-refractivity contribution in [2.24, 2.45) is 0 Å². The van der Waals surface area contributed by atoms with Crippen LogP contribution in [0.2, 0.25) is 0 Å². The minimum Gasteiger partial charge on any atom is -0.353 e. The molecule has 3 rings (SSSR count). The molecule has 1 aliphatic rings. The van der Waals surface area contributed by atoms with Crippen LogP contribution in [-0.2, 0) is 10.2 Å². The van der Waals surface area contributed by atoms with Crippen molar-refractivity contribution in [2.75, 3.05) is 36.4 Å². The lowest BCUT2D eigenvalue weighted by atomic mass is 9.87. The summed E-state index contributed by atoms with van der Waals surface area (Å²) < 4.78 is 0. The molecule has 138 valence electrons. The van der Waals surface area contributed by atoms with Gasteiger partial charge in [-0.25, -0.2) is 9.97 Å². The van der Waals surface area contributed by atoms with Gasteiger partial charge in [0, 0.05) is 37.9 Å². The van der Waals surface area contributed by atoms with Crippen LogP contribution in [0.15, 0.2) is 30.3 Å². The van der Waals surface area contributed by atoms with Gasteiger partial charge in [-0.3, -0.25) is 4.79 Å². The Kier molecular flexibility index (Phi) is 5.11. The van der Waals surface area contributed by atoms with E-state index in [0.29, 0.717) is 0 Å². The molecule has 1 aromatic heterocycles. The van der Waals surface area contributed by atoms with Gasteiger partial charge >= 0.3 is 0 Å². The molecule has 6 nitrogen and oxygen atoms in total. The van der Waals surface area contributed by atoms with E-state index in [1.165, 1.54) is 5.56 Å². The van der Waals surface area contributed by atoms with Crippen molar-refractivity contribution in [3.05, 3.63) is 41.7 Å². The highest BCUT2D eigenvalue weighted by atomic mass is 16.1. The predicted molar refractivity (Wildman–Crippen MR) is 105 cm³/mol. The van der Waals surface area contributed by atoms with E-state index in [1.54, 1.807) is 4.90 Å². The second kappa shape index (κ2) is 7.32. The predicted octanol–water partition coefficient (Wildman–Crippen LogP) is 3.10. The number of aryl methyl sites for hydroxylation is 1. The molecule has 1 aliphatic heterocycles. The van der Waals surface area contributed by atoms with E-state index in [0.717, 1.165) is 55.7 Å². The highest BCUT2D eigenvalue weighted by Crippen LogP contribution is 2.25. The van der Waals surface area contributed by atoms with Crippen molar-refractivity contribution in [2.45, 2.75) is 33.1 Å². The number of benzene rings is 1. The number of carbonyl (C=O) groups is 1. The molecule has 1 aromatic carbocycles. The molecule has 0 unspecified atom stereocenters. The van der Waals surface area contributed by atoms with E-state index < -0.39 is 0 Å². The Hall–Kier alpha value is -2.63. The molecule has 2 aromatic rings. The van der Waals surface area contributed by atoms with Crippen LogP contribution in [0.3, 0.4) is 0 Å². The molecule has 0 atom stereocenters. The normalized spacial score (nSPS) is 15.1. The third kappa shape index (κ3) is 4.31. The maximum atomic E-state index is 10.9. The fraction of sp³-hybridized carbons (Fsp3) is 0.450. The van der Waals surface area contributed by atoms with Gasteiger partial charge in [-0.05, 0) is 30.0 Å². The largest absolute Gasteiger partial charge is 0.353 e. The summed E-state index contributed by atoms with van der Waals surface area (Å²) in [6.07, 6.45) is 0.913. The highest BCUT2D eigenvalue weighted by Gasteiger charge is 2.18. The maximum absolute atomic E-state index is 10.9. The van der Waals surface area contributed by atoms with Crippen LogP contribution in [0, 0.1) is 6.92 Å². The van der Waals surface area contributed by atoms with Crippen molar-refractivity contribution in [3.8, 4) is 0 Å². The van der Waals surface area contributed by atoms with Crippen LogP contribution >= 0.6 is 0 Å². The van der Waals surface area contributed by atoms with E-state index in [-0.39, 0.29) is 5.41 Å². The van der Waals surface area contributed by atoms with Gasteiger partial charge in [0.15, 0.2) is 0 Å². The van der Waals surface area contributed by atoms with Gasteiger partial charge in [-0.1, -0.05) is 32.9 Å². The number of hydrogen-bond donors (Lipinski definition) is 1. The lowest BCUT2D eigenvalue weighted by molar-refractivity contribution is -0.118. The minimum atomic E-state index is 0.140. The zero-order valence-electron chi connectivity index (χ0n) is 16.0. The molecule has 0 saturated carbocycles. The summed E-state index contributed by atoms with van der Waals surface area (Å²) in [4.78, 5) is 23.9. The smallest absolute Gasteiger partial charge is 0.209 e. The van der Waals surface area contributed by atoms with Crippen LogP contribution < -0.4 is 10.2 Å². The molecule has 1 fully saturated rings. The molecule has 2 heterocycles. The second-order valence-corrected chi connectivity index (χ2v) is 7.74. The quantitative estimate of drug-likeness (QED) is 0.856. The summed E-state index contributed by atoms with van der Waals surface area (Å²) in [7, 11) is 0. The number of carbonyl (C=O) groups excluding carboxylic acids is 1. The Labute approximate surface area is 155 Å². The van der Waals surface area contributed by atoms with Crippen LogP contribution in [0.1, 0.15) is 32.2 Å². The summed E-state index contributed by atoms with van der Waals surface area (Å²) in [5.74, 6) is 2.42. The maximum Gasteiger partial charge on any atom is 0.209 e. The Balaban J connectivity index is 1.74. The number of rotatable bonds is 4. The van der Waals surface area contributed by atoms with E-state index >= 15 is 0 Å². The van der Waals surface area contributed by atoms with Gasteiger partial charge in [0.1, 0.15) is 17.5 Å². The standard InChI is InChI=1S/C20H27N5O/c1-15-21-18(23-17-7-5-16(6-8-17)20(2,3)4)13-19(22-15)25-11-9-24(14-26)10-12-25/h5-8,13-14H,9-12H2,1-4H3,(H,21,22,23). The van der Waals surface area contributed by atoms with Crippen molar-refractivity contribution < 1.29 is 4.79 Å². The Morgan fingerprint density at radius 1 is 1.04 bits per heavy atom. The topological polar surface area (TPSA) is 61.4 Å². The highest BCUT2D eigenvalue weighted by molar-refractivity contribution is 5.60. The Bertz CT molecular complexity index is 759. The van der Waals surface area contributed by atoms with Crippen LogP contribution in [0.25, 0.3) is 0 Å². The number of piperazine rings is 1. The molecule has 0 radical (unpaired) electrons. The Morgan fingerprint density at radius 3 is 2.27 bits per heavy atom. The first kappa shape index (κ1) is 18.2. The van der Waals surface area contributed by atoms with Gasteiger partial charge in [0.2, 0.25) is 6.41 Å². The molecule has 0 spiro atoms. The van der Waals surface area contributed by atoms with Gasteiger partial charge in [-0.15, -0.1) is 0 Å².